The molecule has 2 aromatic rings. The molecule has 0 bridgehead atoms. The maximum Gasteiger partial charge on any atom is 0.256 e. The fourth-order valence-electron chi connectivity index (χ4n) is 3.23. The van der Waals surface area contributed by atoms with Crippen molar-refractivity contribution in [2.75, 3.05) is 13.1 Å². The number of hydrogen-bond donors (Lipinski definition) is 0. The van der Waals surface area contributed by atoms with E-state index < -0.39 is 0 Å². The van der Waals surface area contributed by atoms with Crippen molar-refractivity contribution in [1.29, 1.82) is 0 Å². The molecule has 0 amide bonds. The molecule has 128 valence electrons. The lowest BCUT2D eigenvalue weighted by atomic mass is 9.96. The molecule has 0 spiro atoms. The van der Waals surface area contributed by atoms with Crippen LogP contribution in [-0.2, 0) is 13.1 Å². The van der Waals surface area contributed by atoms with Crippen LogP contribution < -0.4 is 5.56 Å². The van der Waals surface area contributed by atoms with Crippen molar-refractivity contribution in [2.45, 2.75) is 46.7 Å². The molecule has 0 unspecified atom stereocenters. The van der Waals surface area contributed by atoms with Crippen molar-refractivity contribution in [2.24, 2.45) is 5.92 Å². The number of aromatic nitrogens is 4. The zero-order chi connectivity index (χ0) is 17.1. The van der Waals surface area contributed by atoms with Gasteiger partial charge in [0.2, 0.25) is 0 Å². The van der Waals surface area contributed by atoms with Crippen LogP contribution in [0.2, 0.25) is 0 Å². The molecule has 3 heterocycles. The number of piperidine rings is 1. The number of aryl methyl sites for hydroxylation is 2. The fourth-order valence-corrected chi connectivity index (χ4v) is 3.23. The Morgan fingerprint density at radius 2 is 1.92 bits per heavy atom. The maximum atomic E-state index is 12.3. The van der Waals surface area contributed by atoms with Gasteiger partial charge in [0.15, 0.2) is 0 Å². The first kappa shape index (κ1) is 16.8. The van der Waals surface area contributed by atoms with Crippen molar-refractivity contribution >= 4 is 0 Å². The van der Waals surface area contributed by atoms with Gasteiger partial charge < -0.3 is 0 Å². The topological polar surface area (TPSA) is 63.9 Å². The van der Waals surface area contributed by atoms with Gasteiger partial charge in [-0.1, -0.05) is 0 Å². The minimum Gasteiger partial charge on any atom is -0.299 e. The second-order valence-electron chi connectivity index (χ2n) is 6.78. The molecule has 2 aromatic heterocycles. The Morgan fingerprint density at radius 3 is 2.62 bits per heavy atom. The van der Waals surface area contributed by atoms with E-state index in [0.717, 1.165) is 61.7 Å². The summed E-state index contributed by atoms with van der Waals surface area (Å²) in [6.45, 7) is 9.40. The van der Waals surface area contributed by atoms with E-state index in [4.69, 9.17) is 0 Å². The molecule has 0 saturated carbocycles. The van der Waals surface area contributed by atoms with Crippen LogP contribution in [0, 0.1) is 26.7 Å². The van der Waals surface area contributed by atoms with E-state index in [2.05, 4.69) is 19.9 Å². The number of rotatable bonds is 4. The minimum absolute atomic E-state index is 0.0972. The lowest BCUT2D eigenvalue weighted by Crippen LogP contribution is -2.36. The van der Waals surface area contributed by atoms with Crippen LogP contribution in [0.25, 0.3) is 0 Å². The van der Waals surface area contributed by atoms with Crippen LogP contribution in [0.1, 0.15) is 35.5 Å². The zero-order valence-electron chi connectivity index (χ0n) is 14.7. The highest BCUT2D eigenvalue weighted by Gasteiger charge is 2.20. The van der Waals surface area contributed by atoms with Crippen LogP contribution >= 0.6 is 0 Å². The van der Waals surface area contributed by atoms with Crippen molar-refractivity contribution < 1.29 is 0 Å². The predicted octanol–water partition coefficient (Wildman–Crippen LogP) is 1.87. The molecule has 1 aliphatic rings. The average molecular weight is 327 g/mol. The van der Waals surface area contributed by atoms with Crippen LogP contribution in [0.4, 0.5) is 0 Å². The Balaban J connectivity index is 1.56. The lowest BCUT2D eigenvalue weighted by Gasteiger charge is -2.31. The second kappa shape index (κ2) is 7.21. The Bertz CT molecular complexity index is 762. The standard InChI is InChI=1S/C18H25N5O/c1-13-8-19-9-17(21-13)11-22-6-4-16(5-7-22)10-23-12-20-15(3)14(2)18(23)24/h8-9,12,16H,4-7,10-11H2,1-3H3. The van der Waals surface area contributed by atoms with Gasteiger partial charge in [0.05, 0.1) is 17.7 Å². The quantitative estimate of drug-likeness (QED) is 0.858. The van der Waals surface area contributed by atoms with Crippen LogP contribution in [0.3, 0.4) is 0 Å². The molecule has 0 aliphatic carbocycles. The lowest BCUT2D eigenvalue weighted by molar-refractivity contribution is 0.164. The Hall–Kier alpha value is -2.08. The molecular formula is C18H25N5O. The van der Waals surface area contributed by atoms with Crippen LogP contribution in [0.15, 0.2) is 23.5 Å². The molecule has 0 atom stereocenters. The first-order valence-electron chi connectivity index (χ1n) is 8.55. The molecule has 24 heavy (non-hydrogen) atoms. The second-order valence-corrected chi connectivity index (χ2v) is 6.78. The molecule has 0 N–H and O–H groups in total. The van der Waals surface area contributed by atoms with Crippen molar-refractivity contribution in [3.63, 3.8) is 0 Å². The van der Waals surface area contributed by atoms with Crippen molar-refractivity contribution in [3.05, 3.63) is 51.7 Å². The maximum absolute atomic E-state index is 12.3. The van der Waals surface area contributed by atoms with Gasteiger partial charge in [-0.15, -0.1) is 0 Å². The summed E-state index contributed by atoms with van der Waals surface area (Å²) in [7, 11) is 0. The monoisotopic (exact) mass is 327 g/mol. The SMILES string of the molecule is Cc1cncc(CN2CCC(Cn3cnc(C)c(C)c3=O)CC2)n1. The molecule has 1 aliphatic heterocycles. The molecule has 0 aromatic carbocycles. The van der Waals surface area contributed by atoms with E-state index >= 15 is 0 Å². The summed E-state index contributed by atoms with van der Waals surface area (Å²) in [6.07, 6.45) is 7.51. The normalized spacial score (nSPS) is 16.5. The first-order valence-corrected chi connectivity index (χ1v) is 8.55. The van der Waals surface area contributed by atoms with Gasteiger partial charge in [-0.05, 0) is 52.6 Å². The molecule has 3 rings (SSSR count). The van der Waals surface area contributed by atoms with E-state index in [1.54, 1.807) is 17.1 Å². The average Bonchev–Trinajstić information content (AvgIpc) is 2.57. The molecule has 1 fully saturated rings. The van der Waals surface area contributed by atoms with E-state index in [0.29, 0.717) is 5.92 Å². The van der Waals surface area contributed by atoms with Crippen molar-refractivity contribution in [3.8, 4) is 0 Å². The van der Waals surface area contributed by atoms with Gasteiger partial charge in [0.1, 0.15) is 0 Å². The van der Waals surface area contributed by atoms with E-state index in [9.17, 15) is 4.79 Å². The number of hydrogen-bond acceptors (Lipinski definition) is 5. The highest BCUT2D eigenvalue weighted by molar-refractivity contribution is 5.12. The summed E-state index contributed by atoms with van der Waals surface area (Å²) < 4.78 is 1.77. The summed E-state index contributed by atoms with van der Waals surface area (Å²) in [4.78, 5) is 27.8. The van der Waals surface area contributed by atoms with Gasteiger partial charge in [0.25, 0.3) is 5.56 Å². The van der Waals surface area contributed by atoms with Crippen LogP contribution in [-0.4, -0.2) is 37.5 Å². The first-order chi connectivity index (χ1) is 11.5. The minimum atomic E-state index is 0.0972. The molecule has 6 nitrogen and oxygen atoms in total. The fraction of sp³-hybridized carbons (Fsp3) is 0.556. The van der Waals surface area contributed by atoms with Crippen LogP contribution in [0.5, 0.6) is 0 Å². The third-order valence-electron chi connectivity index (χ3n) is 4.87. The third kappa shape index (κ3) is 3.87. The van der Waals surface area contributed by atoms with E-state index in [1.807, 2.05) is 27.0 Å². The molecule has 1 saturated heterocycles. The molecule has 0 radical (unpaired) electrons. The van der Waals surface area contributed by atoms with Gasteiger partial charge in [-0.2, -0.15) is 0 Å². The van der Waals surface area contributed by atoms with E-state index in [-0.39, 0.29) is 5.56 Å². The summed E-state index contributed by atoms with van der Waals surface area (Å²) in [5.74, 6) is 0.534. The van der Waals surface area contributed by atoms with Gasteiger partial charge in [-0.3, -0.25) is 24.2 Å². The van der Waals surface area contributed by atoms with Crippen molar-refractivity contribution in [1.82, 2.24) is 24.4 Å². The predicted molar refractivity (Wildman–Crippen MR) is 92.7 cm³/mol. The Kier molecular flexibility index (Phi) is 5.04. The summed E-state index contributed by atoms with van der Waals surface area (Å²) >= 11 is 0. The van der Waals surface area contributed by atoms with Gasteiger partial charge >= 0.3 is 0 Å². The Morgan fingerprint density at radius 1 is 1.17 bits per heavy atom. The number of nitrogens with zero attached hydrogens (tertiary/aromatic N) is 5. The molecule has 6 heteroatoms. The van der Waals surface area contributed by atoms with Gasteiger partial charge in [0, 0.05) is 36.7 Å². The highest BCUT2D eigenvalue weighted by atomic mass is 16.1. The largest absolute Gasteiger partial charge is 0.299 e. The number of likely N-dealkylation sites (tertiary alicyclic amines) is 1. The van der Waals surface area contributed by atoms with E-state index in [1.165, 1.54) is 0 Å². The zero-order valence-corrected chi connectivity index (χ0v) is 14.7. The summed E-state index contributed by atoms with van der Waals surface area (Å²) in [6, 6.07) is 0. The molecular weight excluding hydrogens is 302 g/mol. The third-order valence-corrected chi connectivity index (χ3v) is 4.87. The highest BCUT2D eigenvalue weighted by Crippen LogP contribution is 2.20. The smallest absolute Gasteiger partial charge is 0.256 e. The summed E-state index contributed by atoms with van der Waals surface area (Å²) in [5.41, 5.74) is 3.67. The Labute approximate surface area is 142 Å². The summed E-state index contributed by atoms with van der Waals surface area (Å²) in [5, 5.41) is 0. The van der Waals surface area contributed by atoms with Gasteiger partial charge in [-0.25, -0.2) is 4.98 Å².